The fourth-order valence-electron chi connectivity index (χ4n) is 2.56. The molecule has 3 rings (SSSR count). The van der Waals surface area contributed by atoms with Crippen molar-refractivity contribution in [1.29, 1.82) is 0 Å². The van der Waals surface area contributed by atoms with Gasteiger partial charge in [-0.15, -0.1) is 0 Å². The van der Waals surface area contributed by atoms with Crippen LogP contribution in [0.4, 0.5) is 5.69 Å². The van der Waals surface area contributed by atoms with E-state index in [1.807, 2.05) is 49.4 Å². The highest BCUT2D eigenvalue weighted by Crippen LogP contribution is 2.31. The average Bonchev–Trinajstić information content (AvgIpc) is 2.65. The van der Waals surface area contributed by atoms with Crippen LogP contribution in [0.2, 0.25) is 0 Å². The number of hydrogen-bond donors (Lipinski definition) is 1. The van der Waals surface area contributed by atoms with E-state index in [-0.39, 0.29) is 25.0 Å². The molecule has 0 saturated carbocycles. The number of benzene rings is 2. The second kappa shape index (κ2) is 8.11. The molecule has 0 saturated heterocycles. The number of allylic oxidation sites excluding steroid dienone is 1. The lowest BCUT2D eigenvalue weighted by molar-refractivity contribution is -0.125. The molecule has 2 aromatic carbocycles. The van der Waals surface area contributed by atoms with E-state index in [4.69, 9.17) is 4.74 Å². The molecule has 0 bridgehead atoms. The molecule has 132 valence electrons. The van der Waals surface area contributed by atoms with Gasteiger partial charge in [-0.3, -0.25) is 14.5 Å². The van der Waals surface area contributed by atoms with Crippen molar-refractivity contribution in [2.24, 2.45) is 5.10 Å². The minimum absolute atomic E-state index is 0.0769. The molecule has 6 heteroatoms. The van der Waals surface area contributed by atoms with Crippen LogP contribution in [0.15, 0.2) is 65.3 Å². The van der Waals surface area contributed by atoms with E-state index < -0.39 is 0 Å². The Kier molecular flexibility index (Phi) is 5.43. The maximum absolute atomic E-state index is 12.1. The first-order chi connectivity index (χ1) is 12.6. The normalized spacial score (nSPS) is 14.1. The Morgan fingerprint density at radius 2 is 1.92 bits per heavy atom. The molecule has 2 aromatic rings. The van der Waals surface area contributed by atoms with Gasteiger partial charge in [0.2, 0.25) is 0 Å². The molecule has 1 aliphatic rings. The summed E-state index contributed by atoms with van der Waals surface area (Å²) in [5.41, 5.74) is 4.99. The van der Waals surface area contributed by atoms with Gasteiger partial charge in [-0.05, 0) is 30.2 Å². The SMILES string of the molecule is CC(/C=N\NC(=O)CN1C(=O)COc2ccccc21)=C\c1ccccc1. The predicted octanol–water partition coefficient (Wildman–Crippen LogP) is 2.62. The summed E-state index contributed by atoms with van der Waals surface area (Å²) in [6, 6.07) is 16.9. The second-order valence-corrected chi connectivity index (χ2v) is 5.83. The van der Waals surface area contributed by atoms with E-state index in [2.05, 4.69) is 10.5 Å². The van der Waals surface area contributed by atoms with Crippen molar-refractivity contribution < 1.29 is 14.3 Å². The summed E-state index contributed by atoms with van der Waals surface area (Å²) in [6.07, 6.45) is 3.53. The fraction of sp³-hybridized carbons (Fsp3) is 0.150. The van der Waals surface area contributed by atoms with E-state index in [9.17, 15) is 9.59 Å². The minimum Gasteiger partial charge on any atom is -0.482 e. The first-order valence-electron chi connectivity index (χ1n) is 8.21. The van der Waals surface area contributed by atoms with Gasteiger partial charge in [-0.25, -0.2) is 5.43 Å². The number of fused-ring (bicyclic) bond motifs is 1. The first-order valence-corrected chi connectivity index (χ1v) is 8.21. The number of carbonyl (C=O) groups excluding carboxylic acids is 2. The van der Waals surface area contributed by atoms with Crippen molar-refractivity contribution in [1.82, 2.24) is 5.43 Å². The molecule has 6 nitrogen and oxygen atoms in total. The number of para-hydroxylation sites is 2. The van der Waals surface area contributed by atoms with Crippen molar-refractivity contribution >= 4 is 29.8 Å². The third kappa shape index (κ3) is 4.36. The van der Waals surface area contributed by atoms with Crippen LogP contribution in [0.1, 0.15) is 12.5 Å². The third-order valence-electron chi connectivity index (χ3n) is 3.76. The molecule has 1 heterocycles. The van der Waals surface area contributed by atoms with Crippen LogP contribution in [0.25, 0.3) is 6.08 Å². The van der Waals surface area contributed by atoms with Crippen molar-refractivity contribution in [3.05, 3.63) is 65.7 Å². The number of carbonyl (C=O) groups is 2. The summed E-state index contributed by atoms with van der Waals surface area (Å²) in [5, 5.41) is 3.95. The lowest BCUT2D eigenvalue weighted by Gasteiger charge is -2.28. The molecule has 0 fully saturated rings. The molecule has 0 atom stereocenters. The molecule has 1 aliphatic heterocycles. The third-order valence-corrected chi connectivity index (χ3v) is 3.76. The van der Waals surface area contributed by atoms with Crippen molar-refractivity contribution in [2.75, 3.05) is 18.1 Å². The Morgan fingerprint density at radius 3 is 2.73 bits per heavy atom. The molecule has 1 N–H and O–H groups in total. The summed E-state index contributed by atoms with van der Waals surface area (Å²) >= 11 is 0. The first kappa shape index (κ1) is 17.4. The van der Waals surface area contributed by atoms with Crippen LogP contribution < -0.4 is 15.1 Å². The molecule has 0 aliphatic carbocycles. The zero-order valence-corrected chi connectivity index (χ0v) is 14.4. The molecular formula is C20H19N3O3. The quantitative estimate of drug-likeness (QED) is 0.666. The van der Waals surface area contributed by atoms with Gasteiger partial charge in [0.15, 0.2) is 6.61 Å². The maximum Gasteiger partial charge on any atom is 0.265 e. The lowest BCUT2D eigenvalue weighted by Crippen LogP contribution is -2.44. The highest BCUT2D eigenvalue weighted by molar-refractivity contribution is 6.02. The summed E-state index contributed by atoms with van der Waals surface area (Å²) in [6.45, 7) is 1.70. The van der Waals surface area contributed by atoms with Crippen molar-refractivity contribution in [3.63, 3.8) is 0 Å². The Bertz CT molecular complexity index is 860. The number of hydrazone groups is 1. The van der Waals surface area contributed by atoms with Crippen LogP contribution in [0, 0.1) is 0 Å². The Morgan fingerprint density at radius 1 is 1.19 bits per heavy atom. The molecule has 0 aromatic heterocycles. The fourth-order valence-corrected chi connectivity index (χ4v) is 2.56. The van der Waals surface area contributed by atoms with E-state index in [0.29, 0.717) is 11.4 Å². The molecular weight excluding hydrogens is 330 g/mol. The van der Waals surface area contributed by atoms with Gasteiger partial charge in [0.1, 0.15) is 12.3 Å². The van der Waals surface area contributed by atoms with Crippen LogP contribution in [-0.4, -0.2) is 31.2 Å². The molecule has 0 unspecified atom stereocenters. The maximum atomic E-state index is 12.1. The molecule has 2 amide bonds. The Labute approximate surface area is 151 Å². The van der Waals surface area contributed by atoms with Crippen LogP contribution in [0.5, 0.6) is 5.75 Å². The number of nitrogens with one attached hydrogen (secondary N) is 1. The van der Waals surface area contributed by atoms with Crippen molar-refractivity contribution in [3.8, 4) is 5.75 Å². The summed E-state index contributed by atoms with van der Waals surface area (Å²) in [7, 11) is 0. The van der Waals surface area contributed by atoms with Gasteiger partial charge >= 0.3 is 0 Å². The van der Waals surface area contributed by atoms with Crippen molar-refractivity contribution in [2.45, 2.75) is 6.92 Å². The van der Waals surface area contributed by atoms with E-state index in [1.165, 1.54) is 4.90 Å². The number of hydrogen-bond acceptors (Lipinski definition) is 4. The number of ether oxygens (including phenoxy) is 1. The van der Waals surface area contributed by atoms with E-state index in [1.54, 1.807) is 24.4 Å². The van der Waals surface area contributed by atoms with Gasteiger partial charge < -0.3 is 4.74 Å². The summed E-state index contributed by atoms with van der Waals surface area (Å²) < 4.78 is 5.36. The van der Waals surface area contributed by atoms with E-state index in [0.717, 1.165) is 11.1 Å². The number of nitrogens with zero attached hydrogens (tertiary/aromatic N) is 2. The largest absolute Gasteiger partial charge is 0.482 e. The van der Waals surface area contributed by atoms with Crippen LogP contribution >= 0.6 is 0 Å². The Balaban J connectivity index is 1.59. The van der Waals surface area contributed by atoms with Gasteiger partial charge in [0.25, 0.3) is 11.8 Å². The number of anilines is 1. The highest BCUT2D eigenvalue weighted by atomic mass is 16.5. The monoisotopic (exact) mass is 349 g/mol. The number of amides is 2. The molecule has 0 spiro atoms. The summed E-state index contributed by atoms with van der Waals surface area (Å²) in [4.78, 5) is 25.6. The number of rotatable bonds is 5. The molecule has 0 radical (unpaired) electrons. The van der Waals surface area contributed by atoms with Gasteiger partial charge in [0, 0.05) is 0 Å². The zero-order chi connectivity index (χ0) is 18.4. The predicted molar refractivity (Wildman–Crippen MR) is 101 cm³/mol. The van der Waals surface area contributed by atoms with Gasteiger partial charge in [0.05, 0.1) is 11.9 Å². The van der Waals surface area contributed by atoms with Crippen LogP contribution in [0.3, 0.4) is 0 Å². The Hall–Kier alpha value is -3.41. The van der Waals surface area contributed by atoms with Gasteiger partial charge in [-0.1, -0.05) is 48.5 Å². The lowest BCUT2D eigenvalue weighted by atomic mass is 10.1. The smallest absolute Gasteiger partial charge is 0.265 e. The summed E-state index contributed by atoms with van der Waals surface area (Å²) in [5.74, 6) is -0.0492. The van der Waals surface area contributed by atoms with E-state index >= 15 is 0 Å². The zero-order valence-electron chi connectivity index (χ0n) is 14.4. The minimum atomic E-state index is -0.376. The average molecular weight is 349 g/mol. The highest BCUT2D eigenvalue weighted by Gasteiger charge is 2.26. The second-order valence-electron chi connectivity index (χ2n) is 5.83. The standard InChI is InChI=1S/C20H19N3O3/c1-15(11-16-7-3-2-4-8-16)12-21-22-19(24)13-23-17-9-5-6-10-18(17)26-14-20(23)25/h2-12H,13-14H2,1H3,(H,22,24)/b15-11+,21-12-. The van der Waals surface area contributed by atoms with Crippen LogP contribution in [-0.2, 0) is 9.59 Å². The van der Waals surface area contributed by atoms with Gasteiger partial charge in [-0.2, -0.15) is 5.10 Å². The topological polar surface area (TPSA) is 71.0 Å². The molecule has 26 heavy (non-hydrogen) atoms.